The molecule has 26 nitrogen and oxygen atoms in total. The molecule has 0 fully saturated rings. The Morgan fingerprint density at radius 2 is 0.649 bits per heavy atom. The summed E-state index contributed by atoms with van der Waals surface area (Å²) >= 11 is 0. The Bertz CT molecular complexity index is 1720. The van der Waals surface area contributed by atoms with E-state index in [1.165, 1.54) is 161 Å². The molecule has 5 amide bonds. The minimum absolute atomic E-state index is 0.162. The Hall–Kier alpha value is -3.29. The largest absolute Gasteiger partial charge is 0.394 e. The van der Waals surface area contributed by atoms with Gasteiger partial charge in [-0.3, -0.25) is 24.0 Å². The molecule has 0 unspecified atom stereocenters. The Balaban J connectivity index is 0. The third-order valence-electron chi connectivity index (χ3n) is 17.5. The van der Waals surface area contributed by atoms with Gasteiger partial charge in [-0.05, 0) is 143 Å². The van der Waals surface area contributed by atoms with Crippen LogP contribution in [0.4, 0.5) is 0 Å². The van der Waals surface area contributed by atoms with E-state index in [0.29, 0.717) is 13.0 Å². The SMILES string of the molecule is CCC(CNCCCCNCCCNC)CNCCCCNCCCNC.CCCCCCNC(=O)CCCCCCCCCCCCCCCCCCCCCCCNC(=O)CCC(=O)N(CCNC(=O)[C@@H](O)[C@H](O)[C@@H](O)[C@H](O)CO)CCNC(=O)[C@H](O)[C@@H](O)[C@H](O)[C@@H](O)CO. The zero-order valence-corrected chi connectivity index (χ0v) is 61.1. The van der Waals surface area contributed by atoms with Gasteiger partial charge >= 0.3 is 0 Å². The smallest absolute Gasteiger partial charge is 0.251 e. The fourth-order valence-corrected chi connectivity index (χ4v) is 10.9. The van der Waals surface area contributed by atoms with E-state index in [1.807, 2.05) is 14.1 Å². The molecule has 0 aliphatic heterocycles. The summed E-state index contributed by atoms with van der Waals surface area (Å²) in [4.78, 5) is 63.5. The van der Waals surface area contributed by atoms with Crippen molar-refractivity contribution in [3.63, 3.8) is 0 Å². The van der Waals surface area contributed by atoms with Gasteiger partial charge in [-0.15, -0.1) is 0 Å². The Kier molecular flexibility index (Phi) is 70.2. The standard InChI is InChI=1S/C50H97N5O15.C21H50N6/c1-2-3-4-25-30-51-40(60)27-24-22-20-18-16-14-12-10-8-6-5-7-9-11-13-15-17-19-21-23-26-31-52-41(61)28-29-42(62)55(34-32-53-49(69)47(67)45(65)43(63)38(58)36-56)35-33-54-50(70)48(68)46(66)44(64)39(59)37-57;1-4-21(19-26-15-7-5-13-24-17-9-11-22-2)20-27-16-8-6-14-25-18-10-12-23-3/h38-39,43-48,56-59,63-68H,2-37H2,1H3,(H,51,60)(H,52,61)(H,53,69)(H,54,70);21-27H,4-20H2,1-3H3/t38-,39+,43+,44-,45-,46+,47+,48-;. The lowest BCUT2D eigenvalue weighted by Crippen LogP contribution is -2.53. The van der Waals surface area contributed by atoms with Gasteiger partial charge in [0.15, 0.2) is 12.2 Å². The molecule has 0 aromatic heterocycles. The van der Waals surface area contributed by atoms with Crippen LogP contribution in [0.15, 0.2) is 0 Å². The number of carbonyl (C=O) groups excluding carboxylic acids is 5. The average molecular weight is 1400 g/mol. The second kappa shape index (κ2) is 71.1. The molecule has 0 heterocycles. The summed E-state index contributed by atoms with van der Waals surface area (Å²) in [5.41, 5.74) is 0. The highest BCUT2D eigenvalue weighted by Crippen LogP contribution is 2.16. The maximum Gasteiger partial charge on any atom is 0.251 e. The third kappa shape index (κ3) is 59.0. The minimum atomic E-state index is -2.21. The topological polar surface area (TPSA) is 411 Å². The second-order valence-corrected chi connectivity index (χ2v) is 26.3. The van der Waals surface area contributed by atoms with E-state index in [2.05, 4.69) is 67.0 Å². The van der Waals surface area contributed by atoms with Gasteiger partial charge in [-0.2, -0.15) is 0 Å². The van der Waals surface area contributed by atoms with E-state index in [0.717, 1.165) is 128 Å². The van der Waals surface area contributed by atoms with E-state index >= 15 is 0 Å². The summed E-state index contributed by atoms with van der Waals surface area (Å²) in [7, 11) is 4.02. The third-order valence-corrected chi connectivity index (χ3v) is 17.5. The second-order valence-electron chi connectivity index (χ2n) is 26.3. The fourth-order valence-electron chi connectivity index (χ4n) is 10.9. The molecule has 0 aromatic rings. The molecule has 576 valence electrons. The fraction of sp³-hybridized carbons (Fsp3) is 0.930. The van der Waals surface area contributed by atoms with Crippen LogP contribution in [0.2, 0.25) is 0 Å². The van der Waals surface area contributed by atoms with Gasteiger partial charge in [-0.1, -0.05) is 162 Å². The van der Waals surface area contributed by atoms with Gasteiger partial charge in [0, 0.05) is 58.5 Å². The molecule has 0 aromatic carbocycles. The molecule has 0 aliphatic rings. The van der Waals surface area contributed by atoms with Gasteiger partial charge in [0.2, 0.25) is 17.7 Å². The molecular weight excluding hydrogens is 1250 g/mol. The van der Waals surface area contributed by atoms with Crippen LogP contribution < -0.4 is 53.2 Å². The van der Waals surface area contributed by atoms with Crippen molar-refractivity contribution < 1.29 is 75.0 Å². The normalized spacial score (nSPS) is 14.0. The average Bonchev–Trinajstić information content (AvgIpc) is 3.20. The summed E-state index contributed by atoms with van der Waals surface area (Å²) in [5.74, 6) is -2.29. The highest BCUT2D eigenvalue weighted by molar-refractivity contribution is 5.84. The Morgan fingerprint density at radius 3 is 1.00 bits per heavy atom. The molecular formula is C71H147N11O15. The maximum atomic E-state index is 13.2. The van der Waals surface area contributed by atoms with Gasteiger partial charge in [0.25, 0.3) is 11.8 Å². The van der Waals surface area contributed by atoms with Crippen LogP contribution >= 0.6 is 0 Å². The van der Waals surface area contributed by atoms with Crippen LogP contribution in [0.25, 0.3) is 0 Å². The minimum Gasteiger partial charge on any atom is -0.394 e. The van der Waals surface area contributed by atoms with Gasteiger partial charge in [-0.25, -0.2) is 0 Å². The number of rotatable bonds is 71. The molecule has 0 rings (SSSR count). The van der Waals surface area contributed by atoms with E-state index in [-0.39, 0.29) is 50.8 Å². The highest BCUT2D eigenvalue weighted by Gasteiger charge is 2.35. The lowest BCUT2D eigenvalue weighted by molar-refractivity contribution is -0.149. The van der Waals surface area contributed by atoms with E-state index < -0.39 is 79.8 Å². The lowest BCUT2D eigenvalue weighted by Gasteiger charge is -2.27. The number of carbonyl (C=O) groups is 5. The molecule has 0 bridgehead atoms. The number of amides is 5. The lowest BCUT2D eigenvalue weighted by atomic mass is 10.0. The number of hydrogen-bond donors (Lipinski definition) is 20. The summed E-state index contributed by atoms with van der Waals surface area (Å²) in [6, 6.07) is 0. The zero-order valence-electron chi connectivity index (χ0n) is 61.1. The first-order valence-electron chi connectivity index (χ1n) is 38.1. The summed E-state index contributed by atoms with van der Waals surface area (Å²) in [5, 5.41) is 128. The molecule has 97 heavy (non-hydrogen) atoms. The molecule has 0 saturated heterocycles. The molecule has 0 saturated carbocycles. The molecule has 0 radical (unpaired) electrons. The highest BCUT2D eigenvalue weighted by atomic mass is 16.4. The predicted octanol–water partition coefficient (Wildman–Crippen LogP) is 2.24. The first-order valence-corrected chi connectivity index (χ1v) is 38.1. The molecule has 8 atom stereocenters. The first kappa shape index (κ1) is 95.8. The van der Waals surface area contributed by atoms with Crippen molar-refractivity contribution in [3.8, 4) is 0 Å². The maximum absolute atomic E-state index is 13.2. The number of unbranched alkanes of at least 4 members (excludes halogenated alkanes) is 25. The van der Waals surface area contributed by atoms with Crippen molar-refractivity contribution in [1.82, 2.24) is 58.1 Å². The number of nitrogens with zero attached hydrogens (tertiary/aromatic N) is 1. The number of aliphatic hydroxyl groups excluding tert-OH is 10. The van der Waals surface area contributed by atoms with Crippen LogP contribution in [0.5, 0.6) is 0 Å². The van der Waals surface area contributed by atoms with Crippen molar-refractivity contribution >= 4 is 29.5 Å². The summed E-state index contributed by atoms with van der Waals surface area (Å²) in [6.07, 6.45) is 22.7. The van der Waals surface area contributed by atoms with E-state index in [1.54, 1.807) is 0 Å². The van der Waals surface area contributed by atoms with Crippen LogP contribution in [0.3, 0.4) is 0 Å². The zero-order chi connectivity index (χ0) is 72.2. The predicted molar refractivity (Wildman–Crippen MR) is 387 cm³/mol. The van der Waals surface area contributed by atoms with Crippen molar-refractivity contribution in [2.45, 2.75) is 287 Å². The van der Waals surface area contributed by atoms with Crippen LogP contribution in [0.1, 0.15) is 239 Å². The number of hydrogen-bond acceptors (Lipinski definition) is 21. The van der Waals surface area contributed by atoms with Gasteiger partial charge in [0.05, 0.1) is 13.2 Å². The number of aliphatic hydroxyl groups is 10. The summed E-state index contributed by atoms with van der Waals surface area (Å²) < 4.78 is 0. The number of nitrogens with one attached hydrogen (secondary N) is 10. The van der Waals surface area contributed by atoms with Crippen molar-refractivity contribution in [1.29, 1.82) is 0 Å². The summed E-state index contributed by atoms with van der Waals surface area (Å²) in [6.45, 7) is 14.1. The van der Waals surface area contributed by atoms with Crippen molar-refractivity contribution in [2.24, 2.45) is 5.92 Å². The van der Waals surface area contributed by atoms with Crippen LogP contribution in [-0.2, 0) is 24.0 Å². The quantitative estimate of drug-likeness (QED) is 0.0388. The molecule has 0 aliphatic carbocycles. The first-order chi connectivity index (χ1) is 47.0. The van der Waals surface area contributed by atoms with Gasteiger partial charge in [0.1, 0.15) is 36.6 Å². The van der Waals surface area contributed by atoms with Gasteiger partial charge < -0.3 is 109 Å². The van der Waals surface area contributed by atoms with Crippen molar-refractivity contribution in [2.75, 3.05) is 132 Å². The Labute approximate surface area is 585 Å². The van der Waals surface area contributed by atoms with Crippen LogP contribution in [0, 0.1) is 5.92 Å². The molecule has 20 N–H and O–H groups in total. The van der Waals surface area contributed by atoms with E-state index in [9.17, 15) is 64.8 Å². The molecule has 26 heteroatoms. The molecule has 0 spiro atoms. The monoisotopic (exact) mass is 1390 g/mol. The van der Waals surface area contributed by atoms with Crippen LogP contribution in [-0.4, -0.2) is 266 Å². The Morgan fingerprint density at radius 1 is 0.330 bits per heavy atom. The van der Waals surface area contributed by atoms with E-state index in [4.69, 9.17) is 10.2 Å². The van der Waals surface area contributed by atoms with Crippen molar-refractivity contribution in [3.05, 3.63) is 0 Å².